The fraction of sp³-hybridized carbons (Fsp3) is 0.429. The molecule has 19 heavy (non-hydrogen) atoms. The van der Waals surface area contributed by atoms with Crippen molar-refractivity contribution in [2.24, 2.45) is 5.73 Å². The lowest BCUT2D eigenvalue weighted by atomic mass is 10.2. The van der Waals surface area contributed by atoms with Gasteiger partial charge in [0, 0.05) is 25.2 Å². The van der Waals surface area contributed by atoms with E-state index in [0.717, 1.165) is 30.9 Å². The van der Waals surface area contributed by atoms with Gasteiger partial charge in [-0.05, 0) is 25.5 Å². The van der Waals surface area contributed by atoms with Gasteiger partial charge in [0.05, 0.1) is 17.6 Å². The summed E-state index contributed by atoms with van der Waals surface area (Å²) in [7, 11) is 0. The zero-order chi connectivity index (χ0) is 13.2. The minimum atomic E-state index is 0.282. The molecule has 0 aliphatic carbocycles. The van der Waals surface area contributed by atoms with Crippen molar-refractivity contribution < 1.29 is 0 Å². The van der Waals surface area contributed by atoms with Crippen LogP contribution in [-0.2, 0) is 6.54 Å². The molecule has 5 heteroatoms. The molecule has 0 amide bonds. The number of likely N-dealkylation sites (tertiary alicyclic amines) is 1. The van der Waals surface area contributed by atoms with Gasteiger partial charge in [0.1, 0.15) is 0 Å². The van der Waals surface area contributed by atoms with E-state index in [1.54, 1.807) is 4.80 Å². The Hall–Kier alpha value is -1.72. The summed E-state index contributed by atoms with van der Waals surface area (Å²) >= 11 is 0. The van der Waals surface area contributed by atoms with E-state index in [2.05, 4.69) is 22.0 Å². The predicted octanol–water partition coefficient (Wildman–Crippen LogP) is 1.19. The molecule has 2 heterocycles. The van der Waals surface area contributed by atoms with E-state index in [0.29, 0.717) is 6.04 Å². The minimum absolute atomic E-state index is 0.282. The molecule has 0 radical (unpaired) electrons. The van der Waals surface area contributed by atoms with E-state index < -0.39 is 0 Å². The van der Waals surface area contributed by atoms with Gasteiger partial charge in [0.25, 0.3) is 0 Å². The first-order chi connectivity index (χ1) is 9.24. The summed E-state index contributed by atoms with van der Waals surface area (Å²) in [5, 5.41) is 8.85. The summed E-state index contributed by atoms with van der Waals surface area (Å²) in [6.07, 6.45) is 2.90. The van der Waals surface area contributed by atoms with Crippen LogP contribution in [0.4, 0.5) is 0 Å². The Morgan fingerprint density at radius 2 is 2.11 bits per heavy atom. The van der Waals surface area contributed by atoms with Crippen molar-refractivity contribution >= 4 is 0 Å². The molecule has 1 aliphatic heterocycles. The quantitative estimate of drug-likeness (QED) is 0.897. The van der Waals surface area contributed by atoms with Gasteiger partial charge in [-0.1, -0.05) is 18.2 Å². The van der Waals surface area contributed by atoms with Gasteiger partial charge in [-0.25, -0.2) is 0 Å². The lowest BCUT2D eigenvalue weighted by Crippen LogP contribution is -2.36. The van der Waals surface area contributed by atoms with Crippen molar-refractivity contribution in [2.45, 2.75) is 32.0 Å². The average Bonchev–Trinajstić information content (AvgIpc) is 3.02. The maximum Gasteiger partial charge on any atom is 0.0971 e. The Balaban J connectivity index is 1.72. The molecule has 0 spiro atoms. The number of aromatic nitrogens is 3. The van der Waals surface area contributed by atoms with Crippen LogP contribution in [0.15, 0.2) is 36.5 Å². The van der Waals surface area contributed by atoms with Gasteiger partial charge < -0.3 is 5.73 Å². The molecule has 0 saturated carbocycles. The number of hydrogen-bond donors (Lipinski definition) is 1. The maximum atomic E-state index is 6.04. The number of para-hydroxylation sites is 1. The SMILES string of the molecule is CC1C(N)CCN1Cc1cnn(-c2ccccc2)n1. The molecule has 1 fully saturated rings. The molecular formula is C14H19N5. The summed E-state index contributed by atoms with van der Waals surface area (Å²) < 4.78 is 0. The Labute approximate surface area is 113 Å². The second-order valence-electron chi connectivity index (χ2n) is 5.12. The van der Waals surface area contributed by atoms with Gasteiger partial charge in [-0.3, -0.25) is 4.90 Å². The lowest BCUT2D eigenvalue weighted by Gasteiger charge is -2.21. The van der Waals surface area contributed by atoms with Crippen LogP contribution in [0, 0.1) is 0 Å². The molecule has 2 N–H and O–H groups in total. The second-order valence-corrected chi connectivity index (χ2v) is 5.12. The largest absolute Gasteiger partial charge is 0.326 e. The molecule has 2 atom stereocenters. The normalized spacial score (nSPS) is 23.9. The molecule has 0 bridgehead atoms. The molecule has 1 aliphatic rings. The van der Waals surface area contributed by atoms with Crippen molar-refractivity contribution in [3.8, 4) is 5.69 Å². The van der Waals surface area contributed by atoms with Crippen molar-refractivity contribution in [2.75, 3.05) is 6.54 Å². The van der Waals surface area contributed by atoms with Gasteiger partial charge in [-0.15, -0.1) is 0 Å². The Morgan fingerprint density at radius 1 is 1.32 bits per heavy atom. The third kappa shape index (κ3) is 2.52. The highest BCUT2D eigenvalue weighted by atomic mass is 15.5. The van der Waals surface area contributed by atoms with Gasteiger partial charge in [0.15, 0.2) is 0 Å². The number of benzene rings is 1. The van der Waals surface area contributed by atoms with E-state index in [1.807, 2.05) is 36.5 Å². The van der Waals surface area contributed by atoms with E-state index in [4.69, 9.17) is 5.73 Å². The Bertz CT molecular complexity index is 536. The van der Waals surface area contributed by atoms with Crippen LogP contribution in [0.5, 0.6) is 0 Å². The van der Waals surface area contributed by atoms with E-state index in [-0.39, 0.29) is 6.04 Å². The van der Waals surface area contributed by atoms with Crippen molar-refractivity contribution in [3.05, 3.63) is 42.2 Å². The molecule has 1 aromatic heterocycles. The highest BCUT2D eigenvalue weighted by Crippen LogP contribution is 2.18. The van der Waals surface area contributed by atoms with E-state index >= 15 is 0 Å². The molecule has 100 valence electrons. The number of rotatable bonds is 3. The van der Waals surface area contributed by atoms with Gasteiger partial charge >= 0.3 is 0 Å². The standard InChI is InChI=1S/C14H19N5/c1-11-14(15)7-8-18(11)10-12-9-16-19(17-12)13-5-3-2-4-6-13/h2-6,9,11,14H,7-8,10,15H2,1H3. The van der Waals surface area contributed by atoms with Crippen LogP contribution >= 0.6 is 0 Å². The number of nitrogens with zero attached hydrogens (tertiary/aromatic N) is 4. The molecule has 1 aromatic carbocycles. The third-order valence-corrected chi connectivity index (χ3v) is 3.84. The smallest absolute Gasteiger partial charge is 0.0971 e. The molecule has 3 rings (SSSR count). The van der Waals surface area contributed by atoms with Crippen molar-refractivity contribution in [1.29, 1.82) is 0 Å². The van der Waals surface area contributed by atoms with Crippen LogP contribution in [0.1, 0.15) is 19.0 Å². The topological polar surface area (TPSA) is 60.0 Å². The number of hydrogen-bond acceptors (Lipinski definition) is 4. The highest BCUT2D eigenvalue weighted by Gasteiger charge is 2.28. The second kappa shape index (κ2) is 5.11. The van der Waals surface area contributed by atoms with Crippen LogP contribution in [-0.4, -0.2) is 38.5 Å². The molecule has 2 aromatic rings. The van der Waals surface area contributed by atoms with Crippen LogP contribution < -0.4 is 5.73 Å². The van der Waals surface area contributed by atoms with E-state index in [9.17, 15) is 0 Å². The molecule has 2 unspecified atom stereocenters. The fourth-order valence-electron chi connectivity index (χ4n) is 2.51. The first-order valence-corrected chi connectivity index (χ1v) is 6.70. The summed E-state index contributed by atoms with van der Waals surface area (Å²) in [5.41, 5.74) is 8.01. The predicted molar refractivity (Wildman–Crippen MR) is 73.8 cm³/mol. The third-order valence-electron chi connectivity index (χ3n) is 3.84. The molecular weight excluding hydrogens is 238 g/mol. The van der Waals surface area contributed by atoms with Gasteiger partial charge in [-0.2, -0.15) is 15.0 Å². The fourth-order valence-corrected chi connectivity index (χ4v) is 2.51. The van der Waals surface area contributed by atoms with Crippen LogP contribution in [0.25, 0.3) is 5.69 Å². The van der Waals surface area contributed by atoms with Crippen LogP contribution in [0.2, 0.25) is 0 Å². The zero-order valence-corrected chi connectivity index (χ0v) is 11.1. The van der Waals surface area contributed by atoms with Gasteiger partial charge in [0.2, 0.25) is 0 Å². The zero-order valence-electron chi connectivity index (χ0n) is 11.1. The lowest BCUT2D eigenvalue weighted by molar-refractivity contribution is 0.248. The first-order valence-electron chi connectivity index (χ1n) is 6.70. The Kier molecular flexibility index (Phi) is 3.31. The van der Waals surface area contributed by atoms with Crippen molar-refractivity contribution in [1.82, 2.24) is 19.9 Å². The Morgan fingerprint density at radius 3 is 2.79 bits per heavy atom. The maximum absolute atomic E-state index is 6.04. The first kappa shape index (κ1) is 12.3. The number of nitrogens with two attached hydrogens (primary N) is 1. The van der Waals surface area contributed by atoms with E-state index in [1.165, 1.54) is 0 Å². The summed E-state index contributed by atoms with van der Waals surface area (Å²) in [4.78, 5) is 4.04. The molecule has 1 saturated heterocycles. The summed E-state index contributed by atoms with van der Waals surface area (Å²) in [6, 6.07) is 10.7. The van der Waals surface area contributed by atoms with Crippen LogP contribution in [0.3, 0.4) is 0 Å². The highest BCUT2D eigenvalue weighted by molar-refractivity contribution is 5.28. The minimum Gasteiger partial charge on any atom is -0.326 e. The monoisotopic (exact) mass is 257 g/mol. The van der Waals surface area contributed by atoms with Crippen molar-refractivity contribution in [3.63, 3.8) is 0 Å². The summed E-state index contributed by atoms with van der Waals surface area (Å²) in [5.74, 6) is 0. The summed E-state index contributed by atoms with van der Waals surface area (Å²) in [6.45, 7) is 4.04. The average molecular weight is 257 g/mol. The molecule has 5 nitrogen and oxygen atoms in total.